The molecule has 8 N–H and O–H groups in total. The molecule has 92 heavy (non-hydrogen) atoms. The zero-order valence-corrected chi connectivity index (χ0v) is 70.6. The minimum atomic E-state index is -6.09. The van der Waals surface area contributed by atoms with Crippen molar-refractivity contribution in [3.05, 3.63) is 93.0 Å². The predicted molar refractivity (Wildman–Crippen MR) is 264 cm³/mol. The Hall–Kier alpha value is 1.76. The minimum Gasteiger partial charge on any atom is -0.744 e. The van der Waals surface area contributed by atoms with Crippen molar-refractivity contribution in [3.63, 3.8) is 0 Å². The van der Waals surface area contributed by atoms with E-state index >= 15 is 0 Å². The number of hydrogen-bond donors (Lipinski definition) is 8. The van der Waals surface area contributed by atoms with Gasteiger partial charge in [-0.05, 0) is 70.1 Å². The van der Waals surface area contributed by atoms with Crippen molar-refractivity contribution in [3.8, 4) is 46.0 Å². The first kappa shape index (κ1) is 91.8. The van der Waals surface area contributed by atoms with Crippen LogP contribution in [0.1, 0.15) is 44.5 Å². The van der Waals surface area contributed by atoms with E-state index in [1.165, 1.54) is 0 Å². The summed E-state index contributed by atoms with van der Waals surface area (Å²) in [7, 11) is -24.2. The Morgan fingerprint density at radius 1 is 0.283 bits per heavy atom. The van der Waals surface area contributed by atoms with Crippen LogP contribution >= 0.6 is 48.2 Å². The Balaban J connectivity index is 0.00000529. The fraction of sp³-hybridized carbons (Fsp3) is 0.0909. The summed E-state index contributed by atoms with van der Waals surface area (Å²) in [5, 5.41) is 150. The van der Waals surface area contributed by atoms with Crippen molar-refractivity contribution in [2.75, 3.05) is 0 Å². The van der Waals surface area contributed by atoms with Gasteiger partial charge >= 0.3 is 236 Å². The summed E-state index contributed by atoms with van der Waals surface area (Å²) < 4.78 is 175. The molecule has 0 saturated carbocycles. The maximum Gasteiger partial charge on any atom is 1.00 e. The molecule has 448 valence electrons. The largest absolute Gasteiger partial charge is 1.00 e. The first-order chi connectivity index (χ1) is 39.4. The van der Waals surface area contributed by atoms with Gasteiger partial charge in [0.15, 0.2) is 0 Å². The average molecular weight is 1510 g/mol. The molecule has 0 saturated heterocycles. The molecular weight excluding hydrogens is 1480 g/mol. The van der Waals surface area contributed by atoms with Crippen LogP contribution in [0.2, 0.25) is 0 Å². The van der Waals surface area contributed by atoms with Gasteiger partial charge < -0.3 is 80.1 Å². The second kappa shape index (κ2) is 36.8. The molecule has 0 fully saturated rings. The van der Waals surface area contributed by atoms with Crippen LogP contribution in [0.4, 0.5) is 0 Å². The standard InChI is InChI=1S/C44H32O32S8.8Na/c45-37-17-9-19-27(79-75-71-55)3-14-5-29(81(57,58)59)21(41(49)34(14)39(19)47)11-23-31(83(63,64)65)7-16-8-32(84(66,67)68)24(44(52)36(16)43(23)51)12-22-30(82(60,61)62)6-15-4-28(80-76-72-56)20(40(48)35(15)42(22)50)10-18-26(78-74-70-54)2-13(33(37)38(18)46)1-25(17)77-73-69-53;;;;;;;;/h1-8,45-56H,9-12H2,(H,57,58,59)(H,60,61,62)(H,63,64,65)(H,66,67,68);;;;;;;;/q;8*+1/p-8. The number of fused-ring (bicyclic) bond motifs is 8. The van der Waals surface area contributed by atoms with E-state index in [1.54, 1.807) is 0 Å². The third-order valence-electron chi connectivity index (χ3n) is 13.1. The summed E-state index contributed by atoms with van der Waals surface area (Å²) in [5.74, 6) is -10.8. The second-order valence-electron chi connectivity index (χ2n) is 17.4. The van der Waals surface area contributed by atoms with Gasteiger partial charge in [-0.2, -0.15) is 17.3 Å². The van der Waals surface area contributed by atoms with Crippen LogP contribution in [0.3, 0.4) is 0 Å². The number of hydrogen-bond acceptors (Lipinski definition) is 36. The SMILES string of the molecule is O=S(=O)([O-])c1cc2cc(SOO[O-])c3c(O)c2c(O)c1Cc1c(S(=O)(=O)[O-])cc2cc(S(=O)(=O)[O-])c(c(O)c2c1O)Cc1c(S(=O)(=O)[O-])cc2cc(SOO[O-])c(c(O)c2c1O)Cc1c(SOO[O-])cc2cc(SOO[O-])c(c(O)c2c1O)C3.[Na+].[Na+].[Na+].[Na+].[Na+].[Na+].[Na+].[Na+]. The first-order valence-electron chi connectivity index (χ1n) is 21.9. The fourth-order valence-corrected chi connectivity index (χ4v) is 14.9. The maximum atomic E-state index is 13.1. The van der Waals surface area contributed by atoms with Gasteiger partial charge in [-0.25, -0.2) is 33.7 Å². The summed E-state index contributed by atoms with van der Waals surface area (Å²) >= 11 is -0.00511. The van der Waals surface area contributed by atoms with Gasteiger partial charge in [-0.1, -0.05) is 0 Å². The van der Waals surface area contributed by atoms with Gasteiger partial charge in [0.2, 0.25) is 0 Å². The number of aromatic hydroxyl groups is 8. The predicted octanol–water partition coefficient (Wildman–Crippen LogP) is -22.8. The Morgan fingerprint density at radius 3 is 0.609 bits per heavy atom. The maximum absolute atomic E-state index is 13.1. The Kier molecular flexibility index (Phi) is 36.7. The monoisotopic (exact) mass is 1500 g/mol. The van der Waals surface area contributed by atoms with Crippen molar-refractivity contribution in [2.24, 2.45) is 0 Å². The molecule has 12 bridgehead atoms. The van der Waals surface area contributed by atoms with E-state index in [-0.39, 0.29) is 312 Å². The van der Waals surface area contributed by atoms with E-state index in [9.17, 15) is 114 Å². The molecule has 0 heterocycles. The summed E-state index contributed by atoms with van der Waals surface area (Å²) in [6.45, 7) is 0. The summed E-state index contributed by atoms with van der Waals surface area (Å²) in [6.07, 6.45) is -5.23. The van der Waals surface area contributed by atoms with Crippen molar-refractivity contribution < 1.29 is 388 Å². The number of rotatable bonds is 16. The minimum absolute atomic E-state index is 0. The van der Waals surface area contributed by atoms with Crippen LogP contribution < -0.4 is 257 Å². The zero-order valence-electron chi connectivity index (χ0n) is 48.1. The summed E-state index contributed by atoms with van der Waals surface area (Å²) in [4.78, 5) is -8.08. The number of benzene rings is 8. The molecule has 0 atom stereocenters. The molecule has 8 aromatic carbocycles. The summed E-state index contributed by atoms with van der Waals surface area (Å²) in [6, 6.07) is 5.09. The van der Waals surface area contributed by atoms with Crippen LogP contribution in [0.5, 0.6) is 46.0 Å². The van der Waals surface area contributed by atoms with Gasteiger partial charge in [-0.3, -0.25) is 20.2 Å². The van der Waals surface area contributed by atoms with E-state index in [0.717, 1.165) is 24.3 Å². The smallest absolute Gasteiger partial charge is 0.744 e. The van der Waals surface area contributed by atoms with Crippen LogP contribution in [0, 0.1) is 0 Å². The van der Waals surface area contributed by atoms with E-state index in [0.29, 0.717) is 12.1 Å². The van der Waals surface area contributed by atoms with Crippen molar-refractivity contribution in [1.29, 1.82) is 0 Å². The molecule has 1 aliphatic rings. The molecule has 32 nitrogen and oxygen atoms in total. The zero-order chi connectivity index (χ0) is 61.4. The Morgan fingerprint density at radius 2 is 0.435 bits per heavy atom. The molecule has 0 aliphatic heterocycles. The molecular formula is C44H24Na8O32S8. The third-order valence-corrected chi connectivity index (χ3v) is 19.4. The molecule has 0 radical (unpaired) electrons. The normalized spacial score (nSPS) is 12.3. The van der Waals surface area contributed by atoms with Gasteiger partial charge in [0, 0.05) is 89.8 Å². The second-order valence-corrected chi connectivity index (χ2v) is 25.8. The Labute approximate surface area is 711 Å². The van der Waals surface area contributed by atoms with Crippen LogP contribution in [0.25, 0.3) is 43.1 Å². The molecule has 1 aliphatic carbocycles. The summed E-state index contributed by atoms with van der Waals surface area (Å²) in [5.41, 5.74) is -7.53. The average Bonchev–Trinajstić information content (AvgIpc) is 0.746. The van der Waals surface area contributed by atoms with Crippen molar-refractivity contribution >= 4 is 132 Å². The third kappa shape index (κ3) is 18.6. The molecule has 0 spiro atoms. The van der Waals surface area contributed by atoms with Crippen molar-refractivity contribution in [1.82, 2.24) is 0 Å². The van der Waals surface area contributed by atoms with E-state index in [4.69, 9.17) is 0 Å². The number of phenolic OH excluding ortho intramolecular Hbond substituents is 8. The van der Waals surface area contributed by atoms with E-state index in [1.807, 2.05) is 0 Å². The topological polar surface area (TPSA) is 557 Å². The van der Waals surface area contributed by atoms with Crippen LogP contribution in [-0.4, -0.2) is 92.7 Å². The Bertz CT molecular complexity index is 4350. The molecule has 9 rings (SSSR count). The molecule has 0 amide bonds. The quantitative estimate of drug-likeness (QED) is 0.0146. The molecule has 48 heteroatoms. The van der Waals surface area contributed by atoms with Gasteiger partial charge in [-0.15, -0.1) is 0 Å². The van der Waals surface area contributed by atoms with Crippen LogP contribution in [-0.2, 0) is 104 Å². The number of phenols is 8. The van der Waals surface area contributed by atoms with Gasteiger partial charge in [0.1, 0.15) is 86.5 Å². The molecule has 8 aromatic rings. The van der Waals surface area contributed by atoms with E-state index < -0.39 is 224 Å². The van der Waals surface area contributed by atoms with Gasteiger partial charge in [0.25, 0.3) is 0 Å². The molecule has 0 aromatic heterocycles. The van der Waals surface area contributed by atoms with E-state index in [2.05, 4.69) is 37.5 Å². The van der Waals surface area contributed by atoms with Crippen LogP contribution in [0.15, 0.2) is 87.7 Å². The van der Waals surface area contributed by atoms with Gasteiger partial charge in [0.05, 0.1) is 89.3 Å². The fourth-order valence-electron chi connectivity index (χ4n) is 9.72. The molecule has 0 unspecified atom stereocenters. The van der Waals surface area contributed by atoms with Crippen molar-refractivity contribution in [2.45, 2.75) is 64.8 Å². The first-order valence-corrected chi connectivity index (χ1v) is 30.5.